The molecule has 154 valence electrons. The van der Waals surface area contributed by atoms with Crippen LogP contribution >= 0.6 is 0 Å². The van der Waals surface area contributed by atoms with Crippen LogP contribution < -0.4 is 0 Å². The van der Waals surface area contributed by atoms with Crippen molar-refractivity contribution in [3.05, 3.63) is 53.4 Å². The van der Waals surface area contributed by atoms with E-state index in [1.165, 1.54) is 5.56 Å². The van der Waals surface area contributed by atoms with Gasteiger partial charge in [0.25, 0.3) is 0 Å². The first-order valence-corrected chi connectivity index (χ1v) is 10.4. The highest BCUT2D eigenvalue weighted by Crippen LogP contribution is 2.21. The average molecular weight is 396 g/mol. The molecule has 0 unspecified atom stereocenters. The van der Waals surface area contributed by atoms with Crippen molar-refractivity contribution in [1.29, 1.82) is 0 Å². The number of hydrogen-bond donors (Lipinski definition) is 0. The van der Waals surface area contributed by atoms with E-state index in [1.807, 2.05) is 34.9 Å². The number of carbonyl (C=O) groups is 2. The van der Waals surface area contributed by atoms with Crippen molar-refractivity contribution < 1.29 is 14.1 Å². The Morgan fingerprint density at radius 3 is 2.59 bits per heavy atom. The molecule has 2 aliphatic rings. The van der Waals surface area contributed by atoms with Crippen molar-refractivity contribution in [1.82, 2.24) is 19.9 Å². The molecule has 3 heterocycles. The van der Waals surface area contributed by atoms with Crippen molar-refractivity contribution >= 4 is 11.8 Å². The van der Waals surface area contributed by atoms with Crippen molar-refractivity contribution in [3.8, 4) is 0 Å². The van der Waals surface area contributed by atoms with E-state index in [1.54, 1.807) is 6.07 Å². The number of piperazine rings is 1. The molecule has 4 rings (SSSR count). The molecule has 0 spiro atoms. The highest BCUT2D eigenvalue weighted by atomic mass is 16.5. The van der Waals surface area contributed by atoms with Crippen molar-refractivity contribution in [2.45, 2.75) is 38.8 Å². The van der Waals surface area contributed by atoms with Gasteiger partial charge in [-0.15, -0.1) is 0 Å². The third kappa shape index (κ3) is 4.67. The molecule has 0 saturated carbocycles. The maximum absolute atomic E-state index is 13.1. The number of carbonyl (C=O) groups excluding carboxylic acids is 2. The van der Waals surface area contributed by atoms with Crippen LogP contribution in [0.2, 0.25) is 0 Å². The average Bonchev–Trinajstić information content (AvgIpc) is 3.15. The van der Waals surface area contributed by atoms with E-state index in [4.69, 9.17) is 4.52 Å². The van der Waals surface area contributed by atoms with Gasteiger partial charge in [0.15, 0.2) is 0 Å². The summed E-state index contributed by atoms with van der Waals surface area (Å²) >= 11 is 0. The predicted octanol–water partition coefficient (Wildman–Crippen LogP) is 1.86. The summed E-state index contributed by atoms with van der Waals surface area (Å²) in [6, 6.07) is 11.9. The predicted molar refractivity (Wildman–Crippen MR) is 108 cm³/mol. The zero-order chi connectivity index (χ0) is 20.2. The summed E-state index contributed by atoms with van der Waals surface area (Å²) in [7, 11) is 0. The number of rotatable bonds is 5. The molecular weight excluding hydrogens is 368 g/mol. The Morgan fingerprint density at radius 2 is 1.90 bits per heavy atom. The number of benzene rings is 1. The summed E-state index contributed by atoms with van der Waals surface area (Å²) in [6.45, 7) is 6.09. The minimum Gasteiger partial charge on any atom is -0.361 e. The maximum atomic E-state index is 13.1. The number of aromatic nitrogens is 1. The molecule has 2 aromatic rings. The van der Waals surface area contributed by atoms with Gasteiger partial charge in [0.2, 0.25) is 11.8 Å². The molecule has 2 saturated heterocycles. The fourth-order valence-corrected chi connectivity index (χ4v) is 4.27. The molecule has 0 aliphatic carbocycles. The van der Waals surface area contributed by atoms with E-state index in [0.717, 1.165) is 32.5 Å². The Morgan fingerprint density at radius 1 is 1.14 bits per heavy atom. The minimum absolute atomic E-state index is 0.0668. The number of nitrogens with zero attached hydrogens (tertiary/aromatic N) is 4. The molecule has 2 fully saturated rings. The zero-order valence-electron chi connectivity index (χ0n) is 16.9. The number of amides is 2. The normalized spacial score (nSPS) is 20.9. The Bertz CT molecular complexity index is 843. The number of aryl methyl sites for hydroxylation is 1. The topological polar surface area (TPSA) is 69.9 Å². The molecule has 7 nitrogen and oxygen atoms in total. The van der Waals surface area contributed by atoms with Gasteiger partial charge in [-0.25, -0.2) is 0 Å². The Balaban J connectivity index is 1.30. The lowest BCUT2D eigenvalue weighted by Crippen LogP contribution is -2.58. The number of hydrogen-bond acceptors (Lipinski definition) is 5. The lowest BCUT2D eigenvalue weighted by Gasteiger charge is -2.42. The van der Waals surface area contributed by atoms with Crippen molar-refractivity contribution in [2.24, 2.45) is 0 Å². The van der Waals surface area contributed by atoms with Crippen LogP contribution in [-0.2, 0) is 22.6 Å². The SMILES string of the molecule is Cc1cc(CC(=O)N2CCN([C@@H]3CCCN(Cc4ccccc4)C3=O)CC2)no1. The van der Waals surface area contributed by atoms with Crippen LogP contribution in [0.5, 0.6) is 0 Å². The quantitative estimate of drug-likeness (QED) is 0.772. The van der Waals surface area contributed by atoms with Crippen molar-refractivity contribution in [3.63, 3.8) is 0 Å². The molecule has 29 heavy (non-hydrogen) atoms. The molecule has 0 bridgehead atoms. The highest BCUT2D eigenvalue weighted by molar-refractivity contribution is 5.83. The monoisotopic (exact) mass is 396 g/mol. The molecule has 0 N–H and O–H groups in total. The standard InChI is InChI=1S/C22H28N4O3/c1-17-14-19(23-29-17)15-21(27)25-12-10-24(11-13-25)20-8-5-9-26(22(20)28)16-18-6-3-2-4-7-18/h2-4,6-7,14,20H,5,8-13,15-16H2,1H3/t20-/m1/s1. The summed E-state index contributed by atoms with van der Waals surface area (Å²) in [5.41, 5.74) is 1.84. The first kappa shape index (κ1) is 19.6. The van der Waals surface area contributed by atoms with E-state index < -0.39 is 0 Å². The second-order valence-electron chi connectivity index (χ2n) is 7.93. The molecule has 0 radical (unpaired) electrons. The van der Waals surface area contributed by atoms with Gasteiger partial charge in [0.05, 0.1) is 18.2 Å². The van der Waals surface area contributed by atoms with E-state index in [2.05, 4.69) is 22.2 Å². The molecule has 7 heteroatoms. The highest BCUT2D eigenvalue weighted by Gasteiger charge is 2.35. The largest absolute Gasteiger partial charge is 0.361 e. The van der Waals surface area contributed by atoms with E-state index in [-0.39, 0.29) is 24.3 Å². The first-order valence-electron chi connectivity index (χ1n) is 10.4. The van der Waals surface area contributed by atoms with Gasteiger partial charge >= 0.3 is 0 Å². The van der Waals surface area contributed by atoms with E-state index in [9.17, 15) is 9.59 Å². The molecule has 2 amide bonds. The second kappa shape index (κ2) is 8.78. The van der Waals surface area contributed by atoms with Gasteiger partial charge in [-0.2, -0.15) is 0 Å². The fourth-order valence-electron chi connectivity index (χ4n) is 4.27. The van der Waals surface area contributed by atoms with Crippen LogP contribution in [0.15, 0.2) is 40.9 Å². The number of likely N-dealkylation sites (tertiary alicyclic amines) is 1. The lowest BCUT2D eigenvalue weighted by molar-refractivity contribution is -0.142. The first-order chi connectivity index (χ1) is 14.1. The van der Waals surface area contributed by atoms with Crippen LogP contribution in [0.1, 0.15) is 29.9 Å². The third-order valence-electron chi connectivity index (χ3n) is 5.84. The van der Waals surface area contributed by atoms with Crippen molar-refractivity contribution in [2.75, 3.05) is 32.7 Å². The molecule has 2 aliphatic heterocycles. The van der Waals surface area contributed by atoms with Crippen LogP contribution in [-0.4, -0.2) is 70.4 Å². The molecule has 1 atom stereocenters. The van der Waals surface area contributed by atoms with E-state index >= 15 is 0 Å². The smallest absolute Gasteiger partial charge is 0.240 e. The van der Waals surface area contributed by atoms with Gasteiger partial charge in [0, 0.05) is 45.3 Å². The Labute approximate surface area is 171 Å². The van der Waals surface area contributed by atoms with Gasteiger partial charge in [-0.3, -0.25) is 14.5 Å². The molecule has 1 aromatic heterocycles. The van der Waals surface area contributed by atoms with Crippen LogP contribution in [0.3, 0.4) is 0 Å². The fraction of sp³-hybridized carbons (Fsp3) is 0.500. The molecular formula is C22H28N4O3. The second-order valence-corrected chi connectivity index (χ2v) is 7.93. The molecule has 1 aromatic carbocycles. The summed E-state index contributed by atoms with van der Waals surface area (Å²) in [4.78, 5) is 31.7. The summed E-state index contributed by atoms with van der Waals surface area (Å²) in [5, 5.41) is 3.91. The Hall–Kier alpha value is -2.67. The zero-order valence-corrected chi connectivity index (χ0v) is 16.9. The summed E-state index contributed by atoms with van der Waals surface area (Å²) < 4.78 is 5.04. The van der Waals surface area contributed by atoms with E-state index in [0.29, 0.717) is 31.1 Å². The van der Waals surface area contributed by atoms with Gasteiger partial charge < -0.3 is 14.3 Å². The minimum atomic E-state index is -0.0668. The maximum Gasteiger partial charge on any atom is 0.240 e. The van der Waals surface area contributed by atoms with Gasteiger partial charge in [0.1, 0.15) is 5.76 Å². The lowest BCUT2D eigenvalue weighted by atomic mass is 10.0. The van der Waals surface area contributed by atoms with Gasteiger partial charge in [-0.05, 0) is 25.3 Å². The number of piperidine rings is 1. The Kier molecular flexibility index (Phi) is 5.94. The third-order valence-corrected chi connectivity index (χ3v) is 5.84. The summed E-state index contributed by atoms with van der Waals surface area (Å²) in [6.07, 6.45) is 2.19. The van der Waals surface area contributed by atoms with Crippen LogP contribution in [0.25, 0.3) is 0 Å². The summed E-state index contributed by atoms with van der Waals surface area (Å²) in [5.74, 6) is 1.00. The van der Waals surface area contributed by atoms with Crippen LogP contribution in [0.4, 0.5) is 0 Å². The van der Waals surface area contributed by atoms with Gasteiger partial charge in [-0.1, -0.05) is 35.5 Å². The van der Waals surface area contributed by atoms with Crippen LogP contribution in [0, 0.1) is 6.92 Å².